The maximum Gasteiger partial charge on any atom is 0.336 e. The third-order valence-corrected chi connectivity index (χ3v) is 6.35. The highest BCUT2D eigenvalue weighted by molar-refractivity contribution is 6.13. The molecule has 1 aliphatic rings. The first-order chi connectivity index (χ1) is 16.1. The number of anilines is 1. The van der Waals surface area contributed by atoms with Gasteiger partial charge in [0.25, 0.3) is 5.91 Å². The largest absolute Gasteiger partial charge is 0.454 e. The van der Waals surface area contributed by atoms with Crippen LogP contribution in [0.4, 0.5) is 5.69 Å². The molecule has 0 radical (unpaired) electrons. The molecule has 1 aliphatic carbocycles. The molecule has 5 heteroatoms. The van der Waals surface area contributed by atoms with Gasteiger partial charge in [-0.3, -0.25) is 4.79 Å². The number of carbonyl (C=O) groups is 1. The number of hydrogen-bond acceptors (Lipinski definition) is 4. The Morgan fingerprint density at radius 1 is 0.848 bits per heavy atom. The molecule has 0 saturated carbocycles. The zero-order valence-corrected chi connectivity index (χ0v) is 18.1. The summed E-state index contributed by atoms with van der Waals surface area (Å²) in [5.74, 6) is 0.212. The van der Waals surface area contributed by atoms with E-state index < -0.39 is 5.63 Å². The van der Waals surface area contributed by atoms with E-state index in [1.54, 1.807) is 12.1 Å². The zero-order chi connectivity index (χ0) is 22.5. The lowest BCUT2D eigenvalue weighted by molar-refractivity contribution is 0.102. The molecule has 3 aromatic carbocycles. The Morgan fingerprint density at radius 2 is 1.61 bits per heavy atom. The minimum Gasteiger partial charge on any atom is -0.454 e. The van der Waals surface area contributed by atoms with Crippen molar-refractivity contribution in [2.75, 3.05) is 5.32 Å². The van der Waals surface area contributed by atoms with Crippen molar-refractivity contribution in [1.82, 2.24) is 0 Å². The quantitative estimate of drug-likeness (QED) is 0.340. The molecule has 5 aromatic rings. The van der Waals surface area contributed by atoms with Gasteiger partial charge in [0.2, 0.25) is 0 Å². The highest BCUT2D eigenvalue weighted by Gasteiger charge is 2.23. The molecule has 2 heterocycles. The van der Waals surface area contributed by atoms with Crippen molar-refractivity contribution in [3.63, 3.8) is 0 Å². The summed E-state index contributed by atoms with van der Waals surface area (Å²) in [5, 5.41) is 4.62. The second-order valence-electron chi connectivity index (χ2n) is 8.57. The van der Waals surface area contributed by atoms with Crippen LogP contribution in [0.5, 0.6) is 0 Å². The maximum absolute atomic E-state index is 13.1. The highest BCUT2D eigenvalue weighted by Crippen LogP contribution is 2.41. The van der Waals surface area contributed by atoms with Gasteiger partial charge in [-0.25, -0.2) is 4.79 Å². The van der Waals surface area contributed by atoms with Gasteiger partial charge in [0, 0.05) is 28.0 Å². The predicted octanol–water partition coefficient (Wildman–Crippen LogP) is 6.26. The average molecular weight is 435 g/mol. The van der Waals surface area contributed by atoms with Crippen LogP contribution in [0.3, 0.4) is 0 Å². The summed E-state index contributed by atoms with van der Waals surface area (Å²) in [6.07, 6.45) is 3.08. The van der Waals surface area contributed by atoms with Crippen LogP contribution in [0.25, 0.3) is 33.3 Å². The normalized spacial score (nSPS) is 12.9. The number of furan rings is 1. The minimum absolute atomic E-state index is 0.240. The number of para-hydroxylation sites is 1. The summed E-state index contributed by atoms with van der Waals surface area (Å²) in [7, 11) is 0. The minimum atomic E-state index is -0.452. The van der Waals surface area contributed by atoms with Crippen molar-refractivity contribution in [3.05, 3.63) is 99.4 Å². The molecule has 1 amide bonds. The van der Waals surface area contributed by atoms with Crippen LogP contribution >= 0.6 is 0 Å². The number of fused-ring (bicyclic) bond motifs is 3. The van der Waals surface area contributed by atoms with E-state index in [1.165, 1.54) is 17.2 Å². The Morgan fingerprint density at radius 3 is 2.42 bits per heavy atom. The standard InChI is InChI=1S/C28H21NO4/c1-16-9-11-17(12-10-16)28(31)29-26-20-7-2-3-8-23(20)33-27(26)22-15-25(30)32-24-14-19-6-4-5-18(19)13-21(22)24/h2-3,7-15H,4-6H2,1H3,(H,29,31). The SMILES string of the molecule is Cc1ccc(C(=O)Nc2c(-c3cc(=O)oc4cc5c(cc34)CCC5)oc3ccccc23)cc1. The summed E-state index contributed by atoms with van der Waals surface area (Å²) in [5.41, 5.74) is 5.99. The van der Waals surface area contributed by atoms with Crippen LogP contribution in [0.15, 0.2) is 80.4 Å². The molecule has 6 rings (SSSR count). The summed E-state index contributed by atoms with van der Waals surface area (Å²) in [6.45, 7) is 1.98. The molecule has 33 heavy (non-hydrogen) atoms. The molecule has 162 valence electrons. The van der Waals surface area contributed by atoms with Gasteiger partial charge in [-0.2, -0.15) is 0 Å². The molecule has 2 aromatic heterocycles. The first-order valence-corrected chi connectivity index (χ1v) is 11.1. The Kier molecular flexibility index (Phi) is 4.44. The van der Waals surface area contributed by atoms with E-state index in [2.05, 4.69) is 11.4 Å². The Labute approximate surface area is 189 Å². The molecular weight excluding hydrogens is 414 g/mol. The number of aryl methyl sites for hydroxylation is 3. The van der Waals surface area contributed by atoms with Crippen molar-refractivity contribution < 1.29 is 13.6 Å². The molecule has 0 saturated heterocycles. The van der Waals surface area contributed by atoms with Crippen LogP contribution in [-0.2, 0) is 12.8 Å². The van der Waals surface area contributed by atoms with Crippen molar-refractivity contribution >= 4 is 33.5 Å². The van der Waals surface area contributed by atoms with E-state index in [4.69, 9.17) is 8.83 Å². The molecule has 0 bridgehead atoms. The summed E-state index contributed by atoms with van der Waals surface area (Å²) >= 11 is 0. The van der Waals surface area contributed by atoms with Gasteiger partial charge in [-0.05, 0) is 73.7 Å². The van der Waals surface area contributed by atoms with Crippen molar-refractivity contribution in [1.29, 1.82) is 0 Å². The van der Waals surface area contributed by atoms with Crippen LogP contribution in [-0.4, -0.2) is 5.91 Å². The molecule has 0 atom stereocenters. The van der Waals surface area contributed by atoms with Gasteiger partial charge in [-0.1, -0.05) is 29.8 Å². The fourth-order valence-electron chi connectivity index (χ4n) is 4.67. The van der Waals surface area contributed by atoms with Gasteiger partial charge < -0.3 is 14.2 Å². The monoisotopic (exact) mass is 435 g/mol. The Bertz CT molecular complexity index is 1610. The van der Waals surface area contributed by atoms with E-state index in [1.807, 2.05) is 49.4 Å². The van der Waals surface area contributed by atoms with Gasteiger partial charge in [0.1, 0.15) is 11.2 Å². The molecule has 5 nitrogen and oxygen atoms in total. The van der Waals surface area contributed by atoms with Crippen LogP contribution in [0.2, 0.25) is 0 Å². The fraction of sp³-hybridized carbons (Fsp3) is 0.143. The molecule has 1 N–H and O–H groups in total. The predicted molar refractivity (Wildman–Crippen MR) is 129 cm³/mol. The number of amides is 1. The third kappa shape index (κ3) is 3.33. The van der Waals surface area contributed by atoms with Gasteiger partial charge in [-0.15, -0.1) is 0 Å². The third-order valence-electron chi connectivity index (χ3n) is 6.35. The number of hydrogen-bond donors (Lipinski definition) is 1. The van der Waals surface area contributed by atoms with Gasteiger partial charge in [0.05, 0.1) is 5.69 Å². The van der Waals surface area contributed by atoms with E-state index >= 15 is 0 Å². The number of rotatable bonds is 3. The van der Waals surface area contributed by atoms with Crippen molar-refractivity contribution in [2.24, 2.45) is 0 Å². The summed E-state index contributed by atoms with van der Waals surface area (Å²) in [6, 6.07) is 20.4. The van der Waals surface area contributed by atoms with Gasteiger partial charge in [0.15, 0.2) is 5.76 Å². The van der Waals surface area contributed by atoms with E-state index in [9.17, 15) is 9.59 Å². The number of carbonyl (C=O) groups excluding carboxylic acids is 1. The molecule has 0 fully saturated rings. The second kappa shape index (κ2) is 7.48. The average Bonchev–Trinajstić information content (AvgIpc) is 3.42. The topological polar surface area (TPSA) is 72.5 Å². The lowest BCUT2D eigenvalue weighted by Crippen LogP contribution is -2.12. The number of benzene rings is 3. The lowest BCUT2D eigenvalue weighted by Gasteiger charge is -2.10. The Balaban J connectivity index is 1.56. The number of nitrogens with one attached hydrogen (secondary N) is 1. The van der Waals surface area contributed by atoms with Crippen LogP contribution in [0.1, 0.15) is 33.5 Å². The summed E-state index contributed by atoms with van der Waals surface area (Å²) in [4.78, 5) is 25.6. The molecule has 0 spiro atoms. The highest BCUT2D eigenvalue weighted by atomic mass is 16.4. The summed E-state index contributed by atoms with van der Waals surface area (Å²) < 4.78 is 11.8. The maximum atomic E-state index is 13.1. The molecular formula is C28H21NO4. The van der Waals surface area contributed by atoms with Crippen LogP contribution in [0, 0.1) is 6.92 Å². The fourth-order valence-corrected chi connectivity index (χ4v) is 4.67. The van der Waals surface area contributed by atoms with E-state index in [0.717, 1.165) is 35.6 Å². The molecule has 0 unspecified atom stereocenters. The first-order valence-electron chi connectivity index (χ1n) is 11.1. The lowest BCUT2D eigenvalue weighted by atomic mass is 10.0. The van der Waals surface area contributed by atoms with Crippen molar-refractivity contribution in [3.8, 4) is 11.3 Å². The first kappa shape index (κ1) is 19.6. The van der Waals surface area contributed by atoms with E-state index in [0.29, 0.717) is 33.7 Å². The Hall–Kier alpha value is -4.12. The van der Waals surface area contributed by atoms with Crippen LogP contribution < -0.4 is 10.9 Å². The van der Waals surface area contributed by atoms with Gasteiger partial charge >= 0.3 is 5.63 Å². The smallest absolute Gasteiger partial charge is 0.336 e. The van der Waals surface area contributed by atoms with Crippen molar-refractivity contribution in [2.45, 2.75) is 26.2 Å². The van der Waals surface area contributed by atoms with E-state index in [-0.39, 0.29) is 5.91 Å². The zero-order valence-electron chi connectivity index (χ0n) is 18.1. The second-order valence-corrected chi connectivity index (χ2v) is 8.57. The molecule has 0 aliphatic heterocycles.